The molecule has 1 spiro atoms. The smallest absolute Gasteiger partial charge is 0.148 e. The summed E-state index contributed by atoms with van der Waals surface area (Å²) in [7, 11) is 0. The molecular formula is C19H27N5O2S. The molecule has 0 bridgehead atoms. The molecule has 0 unspecified atom stereocenters. The van der Waals surface area contributed by atoms with Crippen LogP contribution in [-0.4, -0.2) is 65.1 Å². The van der Waals surface area contributed by atoms with Gasteiger partial charge in [0.1, 0.15) is 11.4 Å². The number of nitrogens with zero attached hydrogens (tertiary/aromatic N) is 4. The van der Waals surface area contributed by atoms with E-state index in [-0.39, 0.29) is 5.60 Å². The summed E-state index contributed by atoms with van der Waals surface area (Å²) in [5.74, 6) is 1.26. The lowest BCUT2D eigenvalue weighted by atomic mass is 9.94. The maximum atomic E-state index is 6.29. The molecule has 2 aliphatic rings. The minimum Gasteiger partial charge on any atom is -0.377 e. The van der Waals surface area contributed by atoms with E-state index < -0.39 is 0 Å². The van der Waals surface area contributed by atoms with Gasteiger partial charge in [0, 0.05) is 37.5 Å². The summed E-state index contributed by atoms with van der Waals surface area (Å²) in [6.07, 6.45) is 0.992. The second-order valence-electron chi connectivity index (χ2n) is 7.63. The highest BCUT2D eigenvalue weighted by Crippen LogP contribution is 2.33. The number of nitrogens with one attached hydrogen (secondary N) is 1. The van der Waals surface area contributed by atoms with Crippen LogP contribution in [0.5, 0.6) is 0 Å². The fourth-order valence-corrected chi connectivity index (χ4v) is 4.46. The summed E-state index contributed by atoms with van der Waals surface area (Å²) in [5, 5.41) is 14.9. The van der Waals surface area contributed by atoms with Crippen molar-refractivity contribution in [3.63, 3.8) is 0 Å². The van der Waals surface area contributed by atoms with Gasteiger partial charge in [0.05, 0.1) is 36.2 Å². The van der Waals surface area contributed by atoms with Gasteiger partial charge in [-0.3, -0.25) is 4.90 Å². The van der Waals surface area contributed by atoms with Crippen LogP contribution >= 0.6 is 11.3 Å². The van der Waals surface area contributed by atoms with Crippen molar-refractivity contribution in [1.29, 1.82) is 0 Å². The van der Waals surface area contributed by atoms with Gasteiger partial charge in [-0.25, -0.2) is 4.98 Å². The fraction of sp³-hybridized carbons (Fsp3) is 0.632. The Hall–Kier alpha value is -1.61. The molecule has 2 saturated heterocycles. The SMILES string of the molecule is Cc1ccc(NC[C@H]2CO[C@]3(COCCN(Cc4csc(C)n4)C3)C2)nn1. The molecule has 2 fully saturated rings. The van der Waals surface area contributed by atoms with E-state index in [0.717, 1.165) is 68.0 Å². The lowest BCUT2D eigenvalue weighted by molar-refractivity contribution is -0.0563. The molecule has 7 nitrogen and oxygen atoms in total. The number of aryl methyl sites for hydroxylation is 2. The monoisotopic (exact) mass is 389 g/mol. The van der Waals surface area contributed by atoms with Crippen LogP contribution in [0.15, 0.2) is 17.5 Å². The Morgan fingerprint density at radius 3 is 3.04 bits per heavy atom. The van der Waals surface area contributed by atoms with Crippen molar-refractivity contribution >= 4 is 17.2 Å². The molecular weight excluding hydrogens is 362 g/mol. The van der Waals surface area contributed by atoms with Gasteiger partial charge in [0.2, 0.25) is 0 Å². The van der Waals surface area contributed by atoms with Gasteiger partial charge in [-0.1, -0.05) is 0 Å². The molecule has 2 aliphatic heterocycles. The summed E-state index contributed by atoms with van der Waals surface area (Å²) in [6.45, 7) is 9.67. The first-order chi connectivity index (χ1) is 13.1. The molecule has 27 heavy (non-hydrogen) atoms. The average molecular weight is 390 g/mol. The average Bonchev–Trinajstić information content (AvgIpc) is 3.18. The number of rotatable bonds is 5. The largest absolute Gasteiger partial charge is 0.377 e. The summed E-state index contributed by atoms with van der Waals surface area (Å²) in [5.41, 5.74) is 1.85. The first-order valence-electron chi connectivity index (χ1n) is 9.49. The number of anilines is 1. The third kappa shape index (κ3) is 4.82. The zero-order valence-electron chi connectivity index (χ0n) is 16.0. The third-order valence-corrected chi connectivity index (χ3v) is 5.96. The predicted molar refractivity (Wildman–Crippen MR) is 105 cm³/mol. The van der Waals surface area contributed by atoms with E-state index in [4.69, 9.17) is 9.47 Å². The highest BCUT2D eigenvalue weighted by atomic mass is 32.1. The quantitative estimate of drug-likeness (QED) is 0.841. The molecule has 0 radical (unpaired) electrons. The van der Waals surface area contributed by atoms with Crippen molar-refractivity contribution in [3.05, 3.63) is 33.9 Å². The van der Waals surface area contributed by atoms with Gasteiger partial charge in [0.15, 0.2) is 0 Å². The molecule has 2 aromatic heterocycles. The summed E-state index contributed by atoms with van der Waals surface area (Å²) < 4.78 is 12.2. The van der Waals surface area contributed by atoms with Crippen molar-refractivity contribution in [2.45, 2.75) is 32.4 Å². The van der Waals surface area contributed by atoms with Gasteiger partial charge >= 0.3 is 0 Å². The van der Waals surface area contributed by atoms with Gasteiger partial charge < -0.3 is 14.8 Å². The molecule has 0 aliphatic carbocycles. The molecule has 146 valence electrons. The van der Waals surface area contributed by atoms with Crippen molar-refractivity contribution in [2.24, 2.45) is 5.92 Å². The van der Waals surface area contributed by atoms with Crippen LogP contribution in [0.2, 0.25) is 0 Å². The first-order valence-corrected chi connectivity index (χ1v) is 10.4. The van der Waals surface area contributed by atoms with E-state index in [1.807, 2.05) is 19.1 Å². The third-order valence-electron chi connectivity index (χ3n) is 5.14. The first kappa shape index (κ1) is 18.7. The van der Waals surface area contributed by atoms with Crippen LogP contribution < -0.4 is 5.32 Å². The molecule has 0 amide bonds. The zero-order chi connectivity index (χ0) is 18.7. The van der Waals surface area contributed by atoms with Crippen LogP contribution in [0, 0.1) is 19.8 Å². The molecule has 4 heterocycles. The molecule has 2 atom stereocenters. The molecule has 4 rings (SSSR count). The Kier molecular flexibility index (Phi) is 5.68. The number of thiazole rings is 1. The van der Waals surface area contributed by atoms with Crippen molar-refractivity contribution in [1.82, 2.24) is 20.1 Å². The number of ether oxygens (including phenoxy) is 2. The standard InChI is InChI=1S/C19H27N5O2S/c1-14-3-4-18(23-22-14)20-8-16-7-19(26-10-16)12-24(5-6-25-13-19)9-17-11-27-15(2)21-17/h3-4,11,16H,5-10,12-13H2,1-2H3,(H,20,23)/t16-,19+/m0/s1. The molecule has 2 aromatic rings. The molecule has 1 N–H and O–H groups in total. The molecule has 0 saturated carbocycles. The zero-order valence-corrected chi connectivity index (χ0v) is 16.8. The van der Waals surface area contributed by atoms with E-state index in [1.54, 1.807) is 11.3 Å². The van der Waals surface area contributed by atoms with Crippen LogP contribution in [-0.2, 0) is 16.0 Å². The maximum Gasteiger partial charge on any atom is 0.148 e. The summed E-state index contributed by atoms with van der Waals surface area (Å²) >= 11 is 1.71. The number of aromatic nitrogens is 3. The lowest BCUT2D eigenvalue weighted by Crippen LogP contribution is -2.44. The van der Waals surface area contributed by atoms with Crippen LogP contribution in [0.1, 0.15) is 22.8 Å². The van der Waals surface area contributed by atoms with E-state index in [1.165, 1.54) is 0 Å². The highest BCUT2D eigenvalue weighted by molar-refractivity contribution is 7.09. The Balaban J connectivity index is 1.33. The lowest BCUT2D eigenvalue weighted by Gasteiger charge is -2.30. The highest BCUT2D eigenvalue weighted by Gasteiger charge is 2.43. The van der Waals surface area contributed by atoms with Crippen LogP contribution in [0.4, 0.5) is 5.82 Å². The minimum absolute atomic E-state index is 0.215. The Morgan fingerprint density at radius 1 is 1.33 bits per heavy atom. The Bertz CT molecular complexity index is 753. The van der Waals surface area contributed by atoms with E-state index in [2.05, 4.69) is 37.7 Å². The Morgan fingerprint density at radius 2 is 2.26 bits per heavy atom. The van der Waals surface area contributed by atoms with Gasteiger partial charge in [-0.05, 0) is 32.4 Å². The van der Waals surface area contributed by atoms with Gasteiger partial charge in [0.25, 0.3) is 0 Å². The van der Waals surface area contributed by atoms with E-state index in [9.17, 15) is 0 Å². The van der Waals surface area contributed by atoms with Gasteiger partial charge in [-0.2, -0.15) is 5.10 Å². The van der Waals surface area contributed by atoms with Crippen molar-refractivity contribution < 1.29 is 9.47 Å². The predicted octanol–water partition coefficient (Wildman–Crippen LogP) is 2.27. The van der Waals surface area contributed by atoms with Crippen molar-refractivity contribution in [3.8, 4) is 0 Å². The summed E-state index contributed by atoms with van der Waals surface area (Å²) in [4.78, 5) is 7.03. The Labute approximate surface area is 164 Å². The van der Waals surface area contributed by atoms with E-state index in [0.29, 0.717) is 12.5 Å². The molecule has 8 heteroatoms. The number of hydrogen-bond acceptors (Lipinski definition) is 8. The van der Waals surface area contributed by atoms with Gasteiger partial charge in [-0.15, -0.1) is 16.4 Å². The van der Waals surface area contributed by atoms with Crippen LogP contribution in [0.25, 0.3) is 0 Å². The normalized spacial score (nSPS) is 26.4. The molecule has 0 aromatic carbocycles. The van der Waals surface area contributed by atoms with Crippen molar-refractivity contribution in [2.75, 3.05) is 44.8 Å². The maximum absolute atomic E-state index is 6.29. The van der Waals surface area contributed by atoms with E-state index >= 15 is 0 Å². The van der Waals surface area contributed by atoms with Crippen LogP contribution in [0.3, 0.4) is 0 Å². The number of hydrogen-bond donors (Lipinski definition) is 1. The fourth-order valence-electron chi connectivity index (χ4n) is 3.85. The summed E-state index contributed by atoms with van der Waals surface area (Å²) in [6, 6.07) is 3.94. The second kappa shape index (κ2) is 8.18. The minimum atomic E-state index is -0.215. The topological polar surface area (TPSA) is 72.4 Å². The second-order valence-corrected chi connectivity index (χ2v) is 8.69.